The highest BCUT2D eigenvalue weighted by atomic mass is 32.2. The van der Waals surface area contributed by atoms with Crippen LogP contribution < -0.4 is 5.32 Å². The molecule has 7 nitrogen and oxygen atoms in total. The van der Waals surface area contributed by atoms with Crippen LogP contribution in [0.15, 0.2) is 0 Å². The summed E-state index contributed by atoms with van der Waals surface area (Å²) in [5.41, 5.74) is 3.07. The van der Waals surface area contributed by atoms with E-state index in [0.717, 1.165) is 42.9 Å². The van der Waals surface area contributed by atoms with Crippen LogP contribution in [0.1, 0.15) is 42.3 Å². The predicted octanol–water partition coefficient (Wildman–Crippen LogP) is 1.34. The standard InChI is InChI=1S/C17H28N4O3S2/c1-12-16(10-20(3)17(25)18-9-15-5-4-7-24-15)13(2)21(19-12)14-6-8-26(22,23)11-14/h14-15H,4-11H2,1-3H3,(H,18,25)/t14-,15+/m1/s1. The summed E-state index contributed by atoms with van der Waals surface area (Å²) in [6, 6.07) is -0.0534. The molecule has 1 N–H and O–H groups in total. The minimum Gasteiger partial charge on any atom is -0.376 e. The zero-order chi connectivity index (χ0) is 18.9. The second kappa shape index (κ2) is 7.82. The van der Waals surface area contributed by atoms with E-state index in [2.05, 4.69) is 10.4 Å². The van der Waals surface area contributed by atoms with Crippen LogP contribution in [-0.4, -0.2) is 66.0 Å². The van der Waals surface area contributed by atoms with E-state index >= 15 is 0 Å². The van der Waals surface area contributed by atoms with Gasteiger partial charge in [-0.15, -0.1) is 0 Å². The number of rotatable bonds is 5. The van der Waals surface area contributed by atoms with Gasteiger partial charge in [0.15, 0.2) is 14.9 Å². The molecular formula is C17H28N4O3S2. The summed E-state index contributed by atoms with van der Waals surface area (Å²) in [7, 11) is -0.970. The van der Waals surface area contributed by atoms with Crippen molar-refractivity contribution in [3.8, 4) is 0 Å². The Kier molecular flexibility index (Phi) is 5.88. The molecule has 1 aromatic heterocycles. The summed E-state index contributed by atoms with van der Waals surface area (Å²) in [6.07, 6.45) is 3.08. The number of nitrogens with one attached hydrogen (secondary N) is 1. The summed E-state index contributed by atoms with van der Waals surface area (Å²) in [5.74, 6) is 0.439. The Morgan fingerprint density at radius 3 is 2.81 bits per heavy atom. The summed E-state index contributed by atoms with van der Waals surface area (Å²) < 4.78 is 31.1. The van der Waals surface area contributed by atoms with E-state index in [1.807, 2.05) is 30.5 Å². The molecule has 3 rings (SSSR count). The van der Waals surface area contributed by atoms with Gasteiger partial charge in [-0.25, -0.2) is 8.42 Å². The summed E-state index contributed by atoms with van der Waals surface area (Å²) in [6.45, 7) is 6.20. The van der Waals surface area contributed by atoms with E-state index in [0.29, 0.717) is 18.1 Å². The molecule has 0 unspecified atom stereocenters. The van der Waals surface area contributed by atoms with E-state index < -0.39 is 9.84 Å². The van der Waals surface area contributed by atoms with E-state index in [9.17, 15) is 8.42 Å². The number of hydrogen-bond acceptors (Lipinski definition) is 5. The molecule has 26 heavy (non-hydrogen) atoms. The van der Waals surface area contributed by atoms with Gasteiger partial charge in [-0.1, -0.05) is 0 Å². The lowest BCUT2D eigenvalue weighted by molar-refractivity contribution is 0.113. The van der Waals surface area contributed by atoms with Crippen LogP contribution in [0.5, 0.6) is 0 Å². The van der Waals surface area contributed by atoms with Crippen LogP contribution in [-0.2, 0) is 21.1 Å². The lowest BCUT2D eigenvalue weighted by Gasteiger charge is -2.22. The average Bonchev–Trinajstić information content (AvgIpc) is 3.28. The molecule has 2 atom stereocenters. The third kappa shape index (κ3) is 4.37. The van der Waals surface area contributed by atoms with Crippen molar-refractivity contribution in [1.82, 2.24) is 20.0 Å². The Balaban J connectivity index is 1.62. The predicted molar refractivity (Wildman–Crippen MR) is 105 cm³/mol. The minimum atomic E-state index is -2.93. The molecule has 0 aliphatic carbocycles. The van der Waals surface area contributed by atoms with Gasteiger partial charge < -0.3 is 15.0 Å². The van der Waals surface area contributed by atoms with Crippen molar-refractivity contribution < 1.29 is 13.2 Å². The maximum absolute atomic E-state index is 11.8. The molecule has 146 valence electrons. The van der Waals surface area contributed by atoms with Gasteiger partial charge >= 0.3 is 0 Å². The molecule has 0 radical (unpaired) electrons. The van der Waals surface area contributed by atoms with Crippen molar-refractivity contribution in [3.63, 3.8) is 0 Å². The van der Waals surface area contributed by atoms with Crippen molar-refractivity contribution in [2.24, 2.45) is 0 Å². The second-order valence-corrected chi connectivity index (χ2v) is 9.94. The molecule has 9 heteroatoms. The van der Waals surface area contributed by atoms with Crippen LogP contribution in [0.4, 0.5) is 0 Å². The maximum atomic E-state index is 11.8. The minimum absolute atomic E-state index is 0.0534. The second-order valence-electron chi connectivity index (χ2n) is 7.33. The van der Waals surface area contributed by atoms with Crippen LogP contribution in [0.2, 0.25) is 0 Å². The first kappa shape index (κ1) is 19.6. The molecule has 0 saturated carbocycles. The van der Waals surface area contributed by atoms with Crippen molar-refractivity contribution in [3.05, 3.63) is 17.0 Å². The average molecular weight is 401 g/mol. The van der Waals surface area contributed by atoms with Crippen LogP contribution in [0.25, 0.3) is 0 Å². The molecule has 2 saturated heterocycles. The fourth-order valence-electron chi connectivity index (χ4n) is 3.70. The Hall–Kier alpha value is -1.19. The number of aryl methyl sites for hydroxylation is 1. The molecule has 1 aromatic rings. The number of aromatic nitrogens is 2. The van der Waals surface area contributed by atoms with Gasteiger partial charge in [0.25, 0.3) is 0 Å². The molecule has 0 amide bonds. The van der Waals surface area contributed by atoms with E-state index in [1.54, 1.807) is 0 Å². The maximum Gasteiger partial charge on any atom is 0.169 e. The Morgan fingerprint density at radius 1 is 1.42 bits per heavy atom. The topological polar surface area (TPSA) is 76.5 Å². The van der Waals surface area contributed by atoms with Gasteiger partial charge in [0.2, 0.25) is 0 Å². The number of thiocarbonyl (C=S) groups is 1. The van der Waals surface area contributed by atoms with Gasteiger partial charge in [0, 0.05) is 38.0 Å². The van der Waals surface area contributed by atoms with E-state index in [-0.39, 0.29) is 23.7 Å². The van der Waals surface area contributed by atoms with Gasteiger partial charge in [0.1, 0.15) is 0 Å². The molecular weight excluding hydrogens is 372 g/mol. The first-order valence-corrected chi connectivity index (χ1v) is 11.4. The van der Waals surface area contributed by atoms with E-state index in [4.69, 9.17) is 17.0 Å². The molecule has 0 spiro atoms. The number of ether oxygens (including phenoxy) is 1. The molecule has 3 heterocycles. The van der Waals surface area contributed by atoms with E-state index in [1.165, 1.54) is 0 Å². The summed E-state index contributed by atoms with van der Waals surface area (Å²) in [5, 5.41) is 8.59. The van der Waals surface area contributed by atoms with Crippen molar-refractivity contribution in [1.29, 1.82) is 0 Å². The van der Waals surface area contributed by atoms with Crippen LogP contribution in [0.3, 0.4) is 0 Å². The molecule has 2 aliphatic heterocycles. The fraction of sp³-hybridized carbons (Fsp3) is 0.765. The number of nitrogens with zero attached hydrogens (tertiary/aromatic N) is 3. The van der Waals surface area contributed by atoms with Crippen molar-refractivity contribution in [2.75, 3.05) is 31.7 Å². The third-order valence-corrected chi connectivity index (χ3v) is 7.48. The monoisotopic (exact) mass is 400 g/mol. The quantitative estimate of drug-likeness (QED) is 0.748. The Labute approximate surface area is 161 Å². The number of sulfone groups is 1. The molecule has 2 aliphatic rings. The first-order chi connectivity index (χ1) is 12.3. The van der Waals surface area contributed by atoms with Gasteiger partial charge in [0.05, 0.1) is 29.3 Å². The van der Waals surface area contributed by atoms with Crippen molar-refractivity contribution in [2.45, 2.75) is 51.8 Å². The molecule has 0 aromatic carbocycles. The number of hydrogen-bond donors (Lipinski definition) is 1. The smallest absolute Gasteiger partial charge is 0.169 e. The zero-order valence-electron chi connectivity index (χ0n) is 15.7. The van der Waals surface area contributed by atoms with Crippen LogP contribution >= 0.6 is 12.2 Å². The largest absolute Gasteiger partial charge is 0.376 e. The summed E-state index contributed by atoms with van der Waals surface area (Å²) in [4.78, 5) is 2.00. The molecule has 0 bridgehead atoms. The lowest BCUT2D eigenvalue weighted by Crippen LogP contribution is -2.40. The normalized spacial score (nSPS) is 24.7. The summed E-state index contributed by atoms with van der Waals surface area (Å²) >= 11 is 5.49. The third-order valence-electron chi connectivity index (χ3n) is 5.28. The van der Waals surface area contributed by atoms with Gasteiger partial charge in [-0.05, 0) is 45.3 Å². The van der Waals surface area contributed by atoms with Crippen molar-refractivity contribution >= 4 is 27.2 Å². The SMILES string of the molecule is Cc1nn([C@@H]2CCS(=O)(=O)C2)c(C)c1CN(C)C(=S)NC[C@@H]1CCCO1. The zero-order valence-corrected chi connectivity index (χ0v) is 17.3. The Morgan fingerprint density at radius 2 is 2.19 bits per heavy atom. The highest BCUT2D eigenvalue weighted by Gasteiger charge is 2.31. The van der Waals surface area contributed by atoms with Gasteiger partial charge in [-0.3, -0.25) is 4.68 Å². The Bertz CT molecular complexity index is 769. The lowest BCUT2D eigenvalue weighted by atomic mass is 10.2. The van der Waals surface area contributed by atoms with Gasteiger partial charge in [-0.2, -0.15) is 5.10 Å². The first-order valence-electron chi connectivity index (χ1n) is 9.12. The van der Waals surface area contributed by atoms with Crippen LogP contribution in [0, 0.1) is 13.8 Å². The highest BCUT2D eigenvalue weighted by Crippen LogP contribution is 2.27. The fourth-order valence-corrected chi connectivity index (χ4v) is 5.54. The molecule has 2 fully saturated rings. The highest BCUT2D eigenvalue weighted by molar-refractivity contribution is 7.91.